The minimum atomic E-state index is -0.832. The van der Waals surface area contributed by atoms with Crippen LogP contribution in [0.15, 0.2) is 47.3 Å². The predicted octanol–water partition coefficient (Wildman–Crippen LogP) is 3.97. The number of rotatable bonds is 4. The van der Waals surface area contributed by atoms with Gasteiger partial charge in [-0.15, -0.1) is 0 Å². The monoisotopic (exact) mass is 418 g/mol. The fraction of sp³-hybridized carbons (Fsp3) is 0.200. The zero-order valence-corrected chi connectivity index (χ0v) is 16.3. The first kappa shape index (κ1) is 18.7. The Morgan fingerprint density at radius 2 is 1.71 bits per heavy atom. The predicted molar refractivity (Wildman–Crippen MR) is 107 cm³/mol. The topological polar surface area (TPSA) is 84.5 Å². The van der Waals surface area contributed by atoms with Crippen molar-refractivity contribution in [1.82, 2.24) is 9.13 Å². The number of hydrogen-bond donors (Lipinski definition) is 2. The smallest absolute Gasteiger partial charge is 0.335 e. The first-order valence-electron chi connectivity index (χ1n) is 8.57. The zero-order chi connectivity index (χ0) is 20.2. The summed E-state index contributed by atoms with van der Waals surface area (Å²) in [6.45, 7) is 0. The van der Waals surface area contributed by atoms with Gasteiger partial charge in [0.25, 0.3) is 0 Å². The summed E-state index contributed by atoms with van der Waals surface area (Å²) in [4.78, 5) is 24.2. The summed E-state index contributed by atoms with van der Waals surface area (Å²) in [6.07, 6.45) is 1.22. The molecule has 0 radical (unpaired) electrons. The number of aromatic hydroxyl groups is 1. The Morgan fingerprint density at radius 1 is 1.07 bits per heavy atom. The lowest BCUT2D eigenvalue weighted by atomic mass is 9.95. The molecular weight excluding hydrogens is 403 g/mol. The molecule has 0 aliphatic heterocycles. The molecular formula is C20H16Cl2N2O4. The van der Waals surface area contributed by atoms with Crippen molar-refractivity contribution in [3.05, 3.63) is 68.6 Å². The van der Waals surface area contributed by atoms with Gasteiger partial charge in [0.15, 0.2) is 0 Å². The molecule has 4 rings (SSSR count). The molecule has 1 heterocycles. The van der Waals surface area contributed by atoms with E-state index in [0.29, 0.717) is 34.8 Å². The molecule has 0 atom stereocenters. The van der Waals surface area contributed by atoms with Crippen molar-refractivity contribution >= 4 is 29.2 Å². The molecule has 2 N–H and O–H groups in total. The maximum atomic E-state index is 12.7. The Balaban J connectivity index is 1.80. The van der Waals surface area contributed by atoms with Crippen molar-refractivity contribution in [1.29, 1.82) is 0 Å². The van der Waals surface area contributed by atoms with Crippen molar-refractivity contribution in [2.24, 2.45) is 7.05 Å². The van der Waals surface area contributed by atoms with Crippen molar-refractivity contribution in [2.75, 3.05) is 0 Å². The van der Waals surface area contributed by atoms with Crippen LogP contribution >= 0.6 is 23.2 Å². The number of carboxylic acids is 1. The lowest BCUT2D eigenvalue weighted by Gasteiger charge is -2.11. The molecule has 1 aromatic heterocycles. The Morgan fingerprint density at radius 3 is 2.25 bits per heavy atom. The Kier molecular flexibility index (Phi) is 4.28. The standard InChI is InChI=1S/C20H16Cl2N2O4/c1-23-16(11-2-4-12(5-3-11)20(8-9-20)18(26)27)17(25)24(19(23)28)13-6-7-14(21)15(22)10-13/h2-7,10,25H,8-9H2,1H3,(H,26,27). The molecule has 0 unspecified atom stereocenters. The summed E-state index contributed by atoms with van der Waals surface area (Å²) < 4.78 is 2.47. The number of benzene rings is 2. The van der Waals surface area contributed by atoms with E-state index in [0.717, 1.165) is 10.1 Å². The molecule has 1 saturated carbocycles. The van der Waals surface area contributed by atoms with Gasteiger partial charge in [0, 0.05) is 12.6 Å². The number of carbonyl (C=O) groups is 1. The molecule has 28 heavy (non-hydrogen) atoms. The Hall–Kier alpha value is -2.70. The molecule has 3 aromatic rings. The Labute approximate surface area is 170 Å². The second kappa shape index (κ2) is 6.43. The molecule has 144 valence electrons. The molecule has 0 bridgehead atoms. The fourth-order valence-electron chi connectivity index (χ4n) is 3.47. The summed E-state index contributed by atoms with van der Waals surface area (Å²) in [5, 5.41) is 20.8. The molecule has 1 aliphatic rings. The number of imidazole rings is 1. The third-order valence-electron chi connectivity index (χ3n) is 5.27. The van der Waals surface area contributed by atoms with Gasteiger partial charge in [-0.25, -0.2) is 9.36 Å². The third-order valence-corrected chi connectivity index (χ3v) is 6.01. The molecule has 1 aliphatic carbocycles. The lowest BCUT2D eigenvalue weighted by Crippen LogP contribution is -2.21. The molecule has 2 aromatic carbocycles. The normalized spacial score (nSPS) is 14.8. The van der Waals surface area contributed by atoms with E-state index in [4.69, 9.17) is 23.2 Å². The van der Waals surface area contributed by atoms with E-state index in [1.165, 1.54) is 10.6 Å². The van der Waals surface area contributed by atoms with Gasteiger partial charge in [0.05, 0.1) is 21.1 Å². The molecule has 0 spiro atoms. The summed E-state index contributed by atoms with van der Waals surface area (Å²) in [5.74, 6) is -1.07. The van der Waals surface area contributed by atoms with Gasteiger partial charge in [0.2, 0.25) is 5.88 Å². The SMILES string of the molecule is Cn1c(-c2ccc(C3(C(=O)O)CC3)cc2)c(O)n(-c2ccc(Cl)c(Cl)c2)c1=O. The minimum Gasteiger partial charge on any atom is -0.493 e. The fourth-order valence-corrected chi connectivity index (χ4v) is 3.76. The van der Waals surface area contributed by atoms with Crippen molar-refractivity contribution < 1.29 is 15.0 Å². The summed E-state index contributed by atoms with van der Waals surface area (Å²) in [7, 11) is 1.55. The van der Waals surface area contributed by atoms with Gasteiger partial charge in [-0.1, -0.05) is 47.5 Å². The van der Waals surface area contributed by atoms with Crippen LogP contribution in [0.5, 0.6) is 5.88 Å². The highest BCUT2D eigenvalue weighted by atomic mass is 35.5. The van der Waals surface area contributed by atoms with Crippen LogP contribution in [0.1, 0.15) is 18.4 Å². The van der Waals surface area contributed by atoms with Crippen LogP contribution in [0.3, 0.4) is 0 Å². The zero-order valence-electron chi connectivity index (χ0n) is 14.8. The van der Waals surface area contributed by atoms with E-state index < -0.39 is 17.1 Å². The molecule has 8 heteroatoms. The first-order chi connectivity index (χ1) is 13.3. The van der Waals surface area contributed by atoms with Crippen LogP contribution < -0.4 is 5.69 Å². The number of halogens is 2. The maximum absolute atomic E-state index is 12.7. The van der Waals surface area contributed by atoms with Gasteiger partial charge in [-0.2, -0.15) is 0 Å². The number of nitrogens with zero attached hydrogens (tertiary/aromatic N) is 2. The second-order valence-electron chi connectivity index (χ2n) is 6.91. The quantitative estimate of drug-likeness (QED) is 0.670. The molecule has 1 fully saturated rings. The van der Waals surface area contributed by atoms with Crippen molar-refractivity contribution in [3.63, 3.8) is 0 Å². The molecule has 0 amide bonds. The van der Waals surface area contributed by atoms with Gasteiger partial charge >= 0.3 is 11.7 Å². The van der Waals surface area contributed by atoms with Gasteiger partial charge < -0.3 is 10.2 Å². The number of hydrogen-bond acceptors (Lipinski definition) is 3. The van der Waals surface area contributed by atoms with Crippen LogP contribution in [0, 0.1) is 0 Å². The van der Waals surface area contributed by atoms with Crippen LogP contribution in [-0.4, -0.2) is 25.3 Å². The van der Waals surface area contributed by atoms with E-state index in [9.17, 15) is 19.8 Å². The Bertz CT molecular complexity index is 1160. The highest BCUT2D eigenvalue weighted by Crippen LogP contribution is 2.48. The van der Waals surface area contributed by atoms with E-state index in [1.54, 1.807) is 43.4 Å². The molecule has 6 nitrogen and oxygen atoms in total. The van der Waals surface area contributed by atoms with Crippen LogP contribution in [0.4, 0.5) is 0 Å². The van der Waals surface area contributed by atoms with Crippen LogP contribution in [0.25, 0.3) is 16.9 Å². The second-order valence-corrected chi connectivity index (χ2v) is 7.73. The van der Waals surface area contributed by atoms with Crippen molar-refractivity contribution in [3.8, 4) is 22.8 Å². The minimum absolute atomic E-state index is 0.238. The number of carboxylic acid groups (broad SMARTS) is 1. The summed E-state index contributed by atoms with van der Waals surface area (Å²) in [6, 6.07) is 11.5. The van der Waals surface area contributed by atoms with Gasteiger partial charge in [-0.05, 0) is 36.6 Å². The van der Waals surface area contributed by atoms with E-state index in [2.05, 4.69) is 0 Å². The van der Waals surface area contributed by atoms with Crippen LogP contribution in [-0.2, 0) is 17.3 Å². The highest BCUT2D eigenvalue weighted by Gasteiger charge is 2.51. The van der Waals surface area contributed by atoms with Crippen molar-refractivity contribution in [2.45, 2.75) is 18.3 Å². The number of aliphatic carboxylic acids is 1. The average Bonchev–Trinajstić information content (AvgIpc) is 3.44. The van der Waals surface area contributed by atoms with E-state index in [-0.39, 0.29) is 10.9 Å². The van der Waals surface area contributed by atoms with Crippen LogP contribution in [0.2, 0.25) is 10.0 Å². The summed E-state index contributed by atoms with van der Waals surface area (Å²) in [5.41, 5.74) is 0.775. The largest absolute Gasteiger partial charge is 0.493 e. The van der Waals surface area contributed by atoms with Gasteiger partial charge in [-0.3, -0.25) is 9.36 Å². The lowest BCUT2D eigenvalue weighted by molar-refractivity contribution is -0.140. The first-order valence-corrected chi connectivity index (χ1v) is 9.32. The molecule has 0 saturated heterocycles. The highest BCUT2D eigenvalue weighted by molar-refractivity contribution is 6.42. The third kappa shape index (κ3) is 2.72. The van der Waals surface area contributed by atoms with Gasteiger partial charge in [0.1, 0.15) is 5.69 Å². The summed E-state index contributed by atoms with van der Waals surface area (Å²) >= 11 is 12.0. The van der Waals surface area contributed by atoms with E-state index in [1.807, 2.05) is 0 Å². The maximum Gasteiger partial charge on any atom is 0.335 e. The van der Waals surface area contributed by atoms with E-state index >= 15 is 0 Å². The average molecular weight is 419 g/mol. The number of aromatic nitrogens is 2.